The van der Waals surface area contributed by atoms with E-state index in [9.17, 15) is 18.0 Å². The number of amides is 1. The van der Waals surface area contributed by atoms with Crippen LogP contribution in [0.5, 0.6) is 5.75 Å². The first-order chi connectivity index (χ1) is 19.7. The molecule has 2 N–H and O–H groups in total. The fraction of sp³-hybridized carbons (Fsp3) is 0.355. The van der Waals surface area contributed by atoms with Crippen molar-refractivity contribution in [1.29, 1.82) is 0 Å². The SMILES string of the molecule is CC(=O)Nc1cccc(C2CCN(CCCNc3nc4ccccc4n3Cc3ccc(OC(F)(F)F)cc3)CC2)c1. The number of imidazole rings is 1. The Morgan fingerprint density at radius 2 is 1.78 bits per heavy atom. The molecule has 0 atom stereocenters. The number of aromatic nitrogens is 2. The van der Waals surface area contributed by atoms with E-state index in [1.807, 2.05) is 36.4 Å². The molecule has 0 unspecified atom stereocenters. The molecule has 1 fully saturated rings. The van der Waals surface area contributed by atoms with Gasteiger partial charge < -0.3 is 24.8 Å². The van der Waals surface area contributed by atoms with E-state index in [0.717, 1.165) is 73.7 Å². The Kier molecular flexibility index (Phi) is 8.78. The van der Waals surface area contributed by atoms with Gasteiger partial charge in [-0.25, -0.2) is 4.98 Å². The lowest BCUT2D eigenvalue weighted by molar-refractivity contribution is -0.274. The van der Waals surface area contributed by atoms with E-state index in [1.54, 1.807) is 12.1 Å². The lowest BCUT2D eigenvalue weighted by Gasteiger charge is -2.32. The highest BCUT2D eigenvalue weighted by molar-refractivity contribution is 5.88. The molecule has 3 aromatic carbocycles. The van der Waals surface area contributed by atoms with Crippen LogP contribution in [0.15, 0.2) is 72.8 Å². The first kappa shape index (κ1) is 28.5. The number of hydrogen-bond acceptors (Lipinski definition) is 5. The van der Waals surface area contributed by atoms with Crippen molar-refractivity contribution in [2.75, 3.05) is 36.8 Å². The lowest BCUT2D eigenvalue weighted by atomic mass is 9.89. The summed E-state index contributed by atoms with van der Waals surface area (Å²) in [5, 5.41) is 6.35. The minimum Gasteiger partial charge on any atom is -0.406 e. The van der Waals surface area contributed by atoms with Crippen LogP contribution in [0.1, 0.15) is 43.2 Å². The fourth-order valence-corrected chi connectivity index (χ4v) is 5.42. The number of halogens is 3. The smallest absolute Gasteiger partial charge is 0.406 e. The topological polar surface area (TPSA) is 71.4 Å². The Morgan fingerprint density at radius 1 is 1.02 bits per heavy atom. The first-order valence-corrected chi connectivity index (χ1v) is 13.9. The lowest BCUT2D eigenvalue weighted by Crippen LogP contribution is -2.34. The third kappa shape index (κ3) is 7.79. The monoisotopic (exact) mass is 565 g/mol. The molecule has 0 spiro atoms. The van der Waals surface area contributed by atoms with Crippen LogP contribution < -0.4 is 15.4 Å². The van der Waals surface area contributed by atoms with E-state index >= 15 is 0 Å². The number of hydrogen-bond donors (Lipinski definition) is 2. The molecular weight excluding hydrogens is 531 g/mol. The molecule has 1 aliphatic heterocycles. The highest BCUT2D eigenvalue weighted by Crippen LogP contribution is 2.30. The summed E-state index contributed by atoms with van der Waals surface area (Å²) in [7, 11) is 0. The molecule has 1 aromatic heterocycles. The molecule has 1 aliphatic rings. The number of carbonyl (C=O) groups is 1. The summed E-state index contributed by atoms with van der Waals surface area (Å²) in [6, 6.07) is 21.9. The van der Waals surface area contributed by atoms with Gasteiger partial charge in [0, 0.05) is 19.2 Å². The molecule has 216 valence electrons. The number of benzene rings is 3. The Hall–Kier alpha value is -4.05. The van der Waals surface area contributed by atoms with Crippen LogP contribution in [-0.2, 0) is 11.3 Å². The van der Waals surface area contributed by atoms with Gasteiger partial charge in [-0.3, -0.25) is 4.79 Å². The van der Waals surface area contributed by atoms with Crippen molar-refractivity contribution >= 4 is 28.6 Å². The van der Waals surface area contributed by atoms with Crippen molar-refractivity contribution in [3.8, 4) is 5.75 Å². The molecule has 10 heteroatoms. The van der Waals surface area contributed by atoms with Gasteiger partial charge in [-0.1, -0.05) is 36.4 Å². The number of anilines is 2. The van der Waals surface area contributed by atoms with Crippen molar-refractivity contribution in [2.24, 2.45) is 0 Å². The standard InChI is InChI=1S/C31H34F3N5O2/c1-22(40)36-26-7-4-6-25(20-26)24-14-18-38(19-15-24)17-5-16-35-30-37-28-8-2-3-9-29(28)39(30)21-23-10-12-27(13-11-23)41-31(32,33)34/h2-4,6-13,20,24H,5,14-19,21H2,1H3,(H,35,37)(H,36,40). The number of nitrogens with one attached hydrogen (secondary N) is 2. The molecule has 1 saturated heterocycles. The maximum Gasteiger partial charge on any atom is 0.573 e. The zero-order valence-corrected chi connectivity index (χ0v) is 23.0. The second-order valence-electron chi connectivity index (χ2n) is 10.4. The number of piperidine rings is 1. The molecule has 1 amide bonds. The summed E-state index contributed by atoms with van der Waals surface area (Å²) in [4.78, 5) is 18.6. The zero-order valence-electron chi connectivity index (χ0n) is 23.0. The van der Waals surface area contributed by atoms with E-state index in [0.29, 0.717) is 12.5 Å². The van der Waals surface area contributed by atoms with Crippen LogP contribution in [0.4, 0.5) is 24.8 Å². The van der Waals surface area contributed by atoms with Crippen LogP contribution in [0.25, 0.3) is 11.0 Å². The summed E-state index contributed by atoms with van der Waals surface area (Å²) < 4.78 is 43.6. The molecule has 41 heavy (non-hydrogen) atoms. The van der Waals surface area contributed by atoms with Crippen molar-refractivity contribution in [3.05, 3.63) is 83.9 Å². The van der Waals surface area contributed by atoms with Crippen molar-refractivity contribution < 1.29 is 22.7 Å². The molecule has 5 rings (SSSR count). The van der Waals surface area contributed by atoms with Crippen molar-refractivity contribution in [2.45, 2.75) is 45.0 Å². The molecular formula is C31H34F3N5O2. The maximum atomic E-state index is 12.5. The van der Waals surface area contributed by atoms with Crippen molar-refractivity contribution in [3.63, 3.8) is 0 Å². The quantitative estimate of drug-likeness (QED) is 0.212. The second-order valence-corrected chi connectivity index (χ2v) is 10.4. The van der Waals surface area contributed by atoms with E-state index in [1.165, 1.54) is 24.6 Å². The van der Waals surface area contributed by atoms with Crippen LogP contribution in [0.3, 0.4) is 0 Å². The molecule has 0 saturated carbocycles. The predicted molar refractivity (Wildman–Crippen MR) is 154 cm³/mol. The van der Waals surface area contributed by atoms with Gasteiger partial charge in [0.25, 0.3) is 0 Å². The van der Waals surface area contributed by atoms with Gasteiger partial charge in [0.2, 0.25) is 11.9 Å². The Morgan fingerprint density at radius 3 is 2.51 bits per heavy atom. The van der Waals surface area contributed by atoms with Gasteiger partial charge in [-0.2, -0.15) is 0 Å². The number of ether oxygens (including phenoxy) is 1. The minimum atomic E-state index is -4.71. The van der Waals surface area contributed by atoms with Gasteiger partial charge in [-0.15, -0.1) is 13.2 Å². The van der Waals surface area contributed by atoms with Crippen LogP contribution in [0.2, 0.25) is 0 Å². The highest BCUT2D eigenvalue weighted by atomic mass is 19.4. The third-order valence-corrected chi connectivity index (χ3v) is 7.35. The van der Waals surface area contributed by atoms with Gasteiger partial charge in [0.1, 0.15) is 5.75 Å². The van der Waals surface area contributed by atoms with Crippen LogP contribution >= 0.6 is 0 Å². The first-order valence-electron chi connectivity index (χ1n) is 13.9. The maximum absolute atomic E-state index is 12.5. The fourth-order valence-electron chi connectivity index (χ4n) is 5.42. The predicted octanol–water partition coefficient (Wildman–Crippen LogP) is 6.62. The van der Waals surface area contributed by atoms with Gasteiger partial charge in [-0.05, 0) is 92.3 Å². The number of rotatable bonds is 10. The normalized spacial score (nSPS) is 14.7. The number of fused-ring (bicyclic) bond motifs is 1. The molecule has 0 radical (unpaired) electrons. The van der Waals surface area contributed by atoms with E-state index < -0.39 is 6.36 Å². The summed E-state index contributed by atoms with van der Waals surface area (Å²) in [5.74, 6) is 0.930. The summed E-state index contributed by atoms with van der Waals surface area (Å²) in [6.07, 6.45) is -1.59. The summed E-state index contributed by atoms with van der Waals surface area (Å²) in [6.45, 7) is 5.77. The Bertz CT molecular complexity index is 1460. The van der Waals surface area contributed by atoms with E-state index in [2.05, 4.69) is 37.0 Å². The number of likely N-dealkylation sites (tertiary alicyclic amines) is 1. The van der Waals surface area contributed by atoms with E-state index in [4.69, 9.17) is 4.98 Å². The second kappa shape index (κ2) is 12.6. The average molecular weight is 566 g/mol. The Labute approximate surface area is 237 Å². The molecule has 2 heterocycles. The molecule has 4 aromatic rings. The number of alkyl halides is 3. The third-order valence-electron chi connectivity index (χ3n) is 7.35. The zero-order chi connectivity index (χ0) is 28.8. The van der Waals surface area contributed by atoms with Crippen LogP contribution in [0, 0.1) is 0 Å². The summed E-state index contributed by atoms with van der Waals surface area (Å²) in [5.41, 5.74) is 4.78. The van der Waals surface area contributed by atoms with Gasteiger partial charge >= 0.3 is 6.36 Å². The molecule has 0 aliphatic carbocycles. The molecule has 0 bridgehead atoms. The molecule has 7 nitrogen and oxygen atoms in total. The van der Waals surface area contributed by atoms with Gasteiger partial charge in [0.05, 0.1) is 17.6 Å². The number of para-hydroxylation sites is 2. The minimum absolute atomic E-state index is 0.0604. The largest absolute Gasteiger partial charge is 0.573 e. The highest BCUT2D eigenvalue weighted by Gasteiger charge is 2.31. The van der Waals surface area contributed by atoms with E-state index in [-0.39, 0.29) is 11.7 Å². The van der Waals surface area contributed by atoms with Crippen LogP contribution in [-0.4, -0.2) is 52.9 Å². The Balaban J connectivity index is 1.14. The average Bonchev–Trinajstić information content (AvgIpc) is 3.28. The number of carbonyl (C=O) groups excluding carboxylic acids is 1. The van der Waals surface area contributed by atoms with Crippen molar-refractivity contribution in [1.82, 2.24) is 14.5 Å². The number of nitrogens with zero attached hydrogens (tertiary/aromatic N) is 3. The summed E-state index contributed by atoms with van der Waals surface area (Å²) >= 11 is 0. The van der Waals surface area contributed by atoms with Gasteiger partial charge in [0.15, 0.2) is 0 Å².